The van der Waals surface area contributed by atoms with E-state index in [0.717, 1.165) is 69.0 Å². The molecule has 1 fully saturated rings. The van der Waals surface area contributed by atoms with Crippen molar-refractivity contribution in [1.82, 2.24) is 0 Å². The van der Waals surface area contributed by atoms with E-state index in [1.165, 1.54) is 12.1 Å². The standard InChI is InChI=1S/C52H65F3O9Si4/c1-56-38-21-16-35(17-22-38)51(36-18-23-39(24-19-36)59-30-31-60-68(62-65(4,5)6,63-66(7,8)9)64-67(10,11)12)29-26-41-48-47(42-33-45(57-2)46(58-3)34-43(42)49(41)61-51)40-25-20-37(52(53,54)55)32-44(40)50(48)27-14-13-15-28-50/h16-26,29,32-34H,13-15,27-28,30-31H2,1-12H3. The van der Waals surface area contributed by atoms with Crippen LogP contribution in [0.4, 0.5) is 13.2 Å². The van der Waals surface area contributed by atoms with E-state index in [-0.39, 0.29) is 13.2 Å². The molecule has 5 aromatic carbocycles. The predicted octanol–water partition coefficient (Wildman–Crippen LogP) is 13.8. The lowest BCUT2D eigenvalue weighted by Crippen LogP contribution is -2.62. The first-order valence-corrected chi connectivity index (χ1v) is 35.3. The summed E-state index contributed by atoms with van der Waals surface area (Å²) in [5.74, 6) is 2.95. The maximum atomic E-state index is 14.5. The first-order chi connectivity index (χ1) is 31.9. The van der Waals surface area contributed by atoms with Crippen molar-refractivity contribution in [2.45, 2.75) is 108 Å². The maximum absolute atomic E-state index is 14.5. The molecule has 0 aromatic heterocycles. The summed E-state index contributed by atoms with van der Waals surface area (Å²) in [5.41, 5.74) is 3.50. The zero-order valence-corrected chi connectivity index (χ0v) is 45.4. The summed E-state index contributed by atoms with van der Waals surface area (Å²) in [6, 6.07) is 23.8. The fraction of sp³-hybridized carbons (Fsp3) is 0.423. The number of hydrogen-bond donors (Lipinski definition) is 0. The van der Waals surface area contributed by atoms with Gasteiger partial charge in [0.2, 0.25) is 0 Å². The van der Waals surface area contributed by atoms with Crippen molar-refractivity contribution in [2.75, 3.05) is 34.5 Å². The van der Waals surface area contributed by atoms with E-state index < -0.39 is 56.8 Å². The van der Waals surface area contributed by atoms with Crippen LogP contribution in [0.25, 0.3) is 28.0 Å². The third-order valence-electron chi connectivity index (χ3n) is 12.6. The van der Waals surface area contributed by atoms with Crippen molar-refractivity contribution in [1.29, 1.82) is 0 Å². The van der Waals surface area contributed by atoms with Crippen LogP contribution in [0, 0.1) is 0 Å². The first-order valence-electron chi connectivity index (χ1n) is 23.4. The number of rotatable bonds is 16. The third kappa shape index (κ3) is 9.84. The van der Waals surface area contributed by atoms with E-state index in [2.05, 4.69) is 71.1 Å². The molecular weight excluding hydrogens is 938 g/mol. The highest BCUT2D eigenvalue weighted by Gasteiger charge is 2.54. The Morgan fingerprint density at radius 3 is 1.68 bits per heavy atom. The summed E-state index contributed by atoms with van der Waals surface area (Å²) in [4.78, 5) is 0. The van der Waals surface area contributed by atoms with Crippen LogP contribution in [0.2, 0.25) is 58.9 Å². The Morgan fingerprint density at radius 1 is 0.618 bits per heavy atom. The number of ether oxygens (including phenoxy) is 5. The molecule has 1 aliphatic heterocycles. The smallest absolute Gasteiger partial charge is 0.497 e. The van der Waals surface area contributed by atoms with E-state index in [4.69, 9.17) is 40.5 Å². The number of benzene rings is 5. The van der Waals surface area contributed by atoms with Crippen molar-refractivity contribution in [3.63, 3.8) is 0 Å². The summed E-state index contributed by atoms with van der Waals surface area (Å²) >= 11 is 0. The molecule has 9 nitrogen and oxygen atoms in total. The van der Waals surface area contributed by atoms with Gasteiger partial charge in [-0.1, -0.05) is 55.7 Å². The molecule has 2 aliphatic carbocycles. The third-order valence-corrected chi connectivity index (χ3v) is 23.5. The molecule has 5 aromatic rings. The predicted molar refractivity (Wildman–Crippen MR) is 272 cm³/mol. The monoisotopic (exact) mass is 1000 g/mol. The van der Waals surface area contributed by atoms with Gasteiger partial charge in [0.15, 0.2) is 42.1 Å². The zero-order chi connectivity index (χ0) is 49.1. The number of methoxy groups -OCH3 is 3. The molecule has 0 radical (unpaired) electrons. The summed E-state index contributed by atoms with van der Waals surface area (Å²) in [6.07, 6.45) is 3.94. The molecule has 1 heterocycles. The fourth-order valence-corrected chi connectivity index (χ4v) is 21.8. The van der Waals surface area contributed by atoms with E-state index in [9.17, 15) is 13.2 Å². The molecule has 364 valence electrons. The fourth-order valence-electron chi connectivity index (χ4n) is 10.1. The van der Waals surface area contributed by atoms with Gasteiger partial charge in [0.05, 0.1) is 33.5 Å². The molecule has 8 rings (SSSR count). The van der Waals surface area contributed by atoms with Gasteiger partial charge >= 0.3 is 15.2 Å². The largest absolute Gasteiger partial charge is 0.647 e. The lowest BCUT2D eigenvalue weighted by atomic mass is 9.66. The summed E-state index contributed by atoms with van der Waals surface area (Å²) in [7, 11) is -5.16. The second-order valence-electron chi connectivity index (χ2n) is 20.9. The Labute approximate surface area is 403 Å². The van der Waals surface area contributed by atoms with Gasteiger partial charge in [0.25, 0.3) is 0 Å². The van der Waals surface area contributed by atoms with Crippen LogP contribution >= 0.6 is 0 Å². The molecular formula is C52H65F3O9Si4. The van der Waals surface area contributed by atoms with Gasteiger partial charge < -0.3 is 40.5 Å². The Kier molecular flexibility index (Phi) is 13.5. The molecule has 3 aliphatic rings. The molecule has 1 saturated carbocycles. The summed E-state index contributed by atoms with van der Waals surface area (Å²) in [5, 5.41) is 1.57. The van der Waals surface area contributed by atoms with Crippen LogP contribution < -0.4 is 23.7 Å². The molecule has 0 amide bonds. The second-order valence-corrected chi connectivity index (χ2v) is 37.3. The first kappa shape index (κ1) is 50.0. The zero-order valence-electron chi connectivity index (χ0n) is 41.4. The van der Waals surface area contributed by atoms with Crippen molar-refractivity contribution in [3.8, 4) is 39.9 Å². The summed E-state index contributed by atoms with van der Waals surface area (Å²) in [6.45, 7) is 19.5. The molecule has 0 N–H and O–H groups in total. The minimum Gasteiger partial charge on any atom is -0.497 e. The number of fused-ring (bicyclic) bond motifs is 10. The Hall–Kier alpha value is -4.40. The second kappa shape index (κ2) is 18.4. The quantitative estimate of drug-likeness (QED) is 0.0709. The molecule has 0 saturated heterocycles. The number of alkyl halides is 3. The average molecular weight is 1000 g/mol. The molecule has 0 bridgehead atoms. The highest BCUT2D eigenvalue weighted by atomic mass is 28.5. The minimum absolute atomic E-state index is 0.209. The van der Waals surface area contributed by atoms with E-state index in [0.29, 0.717) is 41.6 Å². The van der Waals surface area contributed by atoms with Gasteiger partial charge in [0, 0.05) is 27.5 Å². The van der Waals surface area contributed by atoms with E-state index in [1.807, 2.05) is 60.7 Å². The van der Waals surface area contributed by atoms with Crippen molar-refractivity contribution < 1.29 is 53.6 Å². The van der Waals surface area contributed by atoms with Crippen molar-refractivity contribution in [3.05, 3.63) is 118 Å². The molecule has 1 atom stereocenters. The Morgan fingerprint density at radius 2 is 1.16 bits per heavy atom. The van der Waals surface area contributed by atoms with Crippen LogP contribution in [0.15, 0.2) is 84.9 Å². The lowest BCUT2D eigenvalue weighted by Gasteiger charge is -2.41. The van der Waals surface area contributed by atoms with Gasteiger partial charge in [-0.3, -0.25) is 0 Å². The minimum atomic E-state index is -4.49. The Balaban J connectivity index is 1.22. The van der Waals surface area contributed by atoms with Gasteiger partial charge in [-0.05, 0) is 154 Å². The normalized spacial score (nSPS) is 17.9. The Bertz CT molecular complexity index is 2640. The van der Waals surface area contributed by atoms with Crippen LogP contribution in [0.3, 0.4) is 0 Å². The van der Waals surface area contributed by atoms with Crippen LogP contribution in [0.1, 0.15) is 65.5 Å². The highest BCUT2D eigenvalue weighted by Crippen LogP contribution is 2.63. The van der Waals surface area contributed by atoms with Crippen LogP contribution in [-0.2, 0) is 34.0 Å². The topological polar surface area (TPSA) is 83.1 Å². The molecule has 68 heavy (non-hydrogen) atoms. The molecule has 1 spiro atoms. The van der Waals surface area contributed by atoms with Crippen LogP contribution in [0.5, 0.6) is 28.7 Å². The van der Waals surface area contributed by atoms with Crippen LogP contribution in [-0.4, -0.2) is 68.5 Å². The van der Waals surface area contributed by atoms with Crippen molar-refractivity contribution in [2.24, 2.45) is 0 Å². The summed E-state index contributed by atoms with van der Waals surface area (Å²) < 4.78 is 101. The average Bonchev–Trinajstić information content (AvgIpc) is 3.54. The van der Waals surface area contributed by atoms with Gasteiger partial charge in [-0.25, -0.2) is 0 Å². The van der Waals surface area contributed by atoms with E-state index in [1.54, 1.807) is 27.4 Å². The van der Waals surface area contributed by atoms with Gasteiger partial charge in [-0.15, -0.1) is 0 Å². The molecule has 16 heteroatoms. The van der Waals surface area contributed by atoms with Gasteiger partial charge in [-0.2, -0.15) is 13.2 Å². The number of hydrogen-bond acceptors (Lipinski definition) is 9. The number of halogens is 3. The van der Waals surface area contributed by atoms with Crippen molar-refractivity contribution >= 4 is 50.8 Å². The highest BCUT2D eigenvalue weighted by molar-refractivity contribution is 6.87. The van der Waals surface area contributed by atoms with E-state index >= 15 is 0 Å². The van der Waals surface area contributed by atoms with Gasteiger partial charge in [0.1, 0.15) is 23.9 Å². The lowest BCUT2D eigenvalue weighted by molar-refractivity contribution is -0.137. The maximum Gasteiger partial charge on any atom is 0.647 e. The SMILES string of the molecule is COc1ccc(C2(c3ccc(OCCO[Si](O[Si](C)(C)C)(O[Si](C)(C)C)O[Si](C)(C)C)cc3)C=Cc3c4c(c5cc(OC)c(OC)cc5c3O2)-c2ccc(C(F)(F)F)cc2C42CCCCC2)cc1. The molecule has 1 unspecified atom stereocenters.